The maximum atomic E-state index is 4.57. The first kappa shape index (κ1) is 16.7. The van der Waals surface area contributed by atoms with Crippen molar-refractivity contribution in [2.45, 2.75) is 32.7 Å². The Morgan fingerprint density at radius 1 is 1.33 bits per heavy atom. The van der Waals surface area contributed by atoms with E-state index in [-0.39, 0.29) is 6.04 Å². The molecule has 0 saturated heterocycles. The van der Waals surface area contributed by atoms with Crippen molar-refractivity contribution in [3.8, 4) is 0 Å². The predicted octanol–water partition coefficient (Wildman–Crippen LogP) is 4.32. The third-order valence-electron chi connectivity index (χ3n) is 3.85. The molecule has 1 heterocycles. The third-order valence-corrected chi connectivity index (χ3v) is 5.62. The molecule has 114 valence electrons. The average molecular weight is 415 g/mol. The van der Waals surface area contributed by atoms with Gasteiger partial charge in [-0.05, 0) is 53.5 Å². The van der Waals surface area contributed by atoms with Gasteiger partial charge < -0.3 is 5.32 Å². The molecular formula is C16H21Br2N3. The van der Waals surface area contributed by atoms with E-state index in [1.54, 1.807) is 0 Å². The molecular weight excluding hydrogens is 394 g/mol. The Labute approximate surface area is 143 Å². The van der Waals surface area contributed by atoms with Crippen molar-refractivity contribution in [3.05, 3.63) is 49.7 Å². The molecule has 0 spiro atoms. The van der Waals surface area contributed by atoms with Gasteiger partial charge in [-0.25, -0.2) is 0 Å². The smallest absolute Gasteiger partial charge is 0.0766 e. The Morgan fingerprint density at radius 2 is 2.05 bits per heavy atom. The molecule has 1 atom stereocenters. The quantitative estimate of drug-likeness (QED) is 0.789. The lowest BCUT2D eigenvalue weighted by molar-refractivity contribution is 0.559. The Morgan fingerprint density at radius 3 is 2.57 bits per heavy atom. The molecule has 1 aromatic carbocycles. The fourth-order valence-electron chi connectivity index (χ4n) is 2.45. The molecule has 0 amide bonds. The topological polar surface area (TPSA) is 29.9 Å². The summed E-state index contributed by atoms with van der Waals surface area (Å²) < 4.78 is 4.27. The van der Waals surface area contributed by atoms with E-state index < -0.39 is 0 Å². The van der Waals surface area contributed by atoms with Gasteiger partial charge in [-0.15, -0.1) is 0 Å². The van der Waals surface area contributed by atoms with E-state index in [2.05, 4.69) is 74.3 Å². The number of hydrogen-bond acceptors (Lipinski definition) is 2. The largest absolute Gasteiger partial charge is 0.313 e. The fraction of sp³-hybridized carbons (Fsp3) is 0.438. The van der Waals surface area contributed by atoms with Crippen LogP contribution in [0.5, 0.6) is 0 Å². The molecule has 1 aromatic heterocycles. The zero-order valence-corrected chi connectivity index (χ0v) is 16.0. The predicted molar refractivity (Wildman–Crippen MR) is 94.7 cm³/mol. The highest BCUT2D eigenvalue weighted by Gasteiger charge is 2.18. The standard InChI is InChI=1S/C16H21Br2N3/c1-5-13-16(18)15(21(4)20-13)9-14(19-3)11-7-6-10(2)12(17)8-11/h6-8,14,19H,5,9H2,1-4H3. The van der Waals surface area contributed by atoms with E-state index in [1.807, 2.05) is 18.8 Å². The second-order valence-corrected chi connectivity index (χ2v) is 6.89. The van der Waals surface area contributed by atoms with E-state index >= 15 is 0 Å². The van der Waals surface area contributed by atoms with Gasteiger partial charge in [-0.2, -0.15) is 5.10 Å². The van der Waals surface area contributed by atoms with E-state index in [4.69, 9.17) is 0 Å². The van der Waals surface area contributed by atoms with Gasteiger partial charge in [-0.1, -0.05) is 35.0 Å². The molecule has 0 radical (unpaired) electrons. The Hall–Kier alpha value is -0.650. The third kappa shape index (κ3) is 3.58. The summed E-state index contributed by atoms with van der Waals surface area (Å²) in [5.41, 5.74) is 4.88. The first-order chi connectivity index (χ1) is 9.97. The Bertz CT molecular complexity index is 635. The van der Waals surface area contributed by atoms with Crippen LogP contribution < -0.4 is 5.32 Å². The van der Waals surface area contributed by atoms with Gasteiger partial charge in [0.05, 0.1) is 15.9 Å². The number of halogens is 2. The molecule has 0 aliphatic rings. The summed E-state index contributed by atoms with van der Waals surface area (Å²) in [7, 11) is 4.01. The Balaban J connectivity index is 2.31. The van der Waals surface area contributed by atoms with Crippen LogP contribution in [0.25, 0.3) is 0 Å². The number of aromatic nitrogens is 2. The van der Waals surface area contributed by atoms with Crippen LogP contribution in [0.4, 0.5) is 0 Å². The molecule has 0 aliphatic carbocycles. The van der Waals surface area contributed by atoms with Crippen LogP contribution in [0.2, 0.25) is 0 Å². The first-order valence-electron chi connectivity index (χ1n) is 7.11. The minimum absolute atomic E-state index is 0.262. The zero-order valence-electron chi connectivity index (χ0n) is 12.9. The van der Waals surface area contributed by atoms with Crippen LogP contribution in [0.15, 0.2) is 27.1 Å². The molecule has 1 unspecified atom stereocenters. The molecule has 3 nitrogen and oxygen atoms in total. The number of hydrogen-bond donors (Lipinski definition) is 1. The van der Waals surface area contributed by atoms with Gasteiger partial charge in [0.2, 0.25) is 0 Å². The van der Waals surface area contributed by atoms with E-state index in [1.165, 1.54) is 16.8 Å². The van der Waals surface area contributed by atoms with E-state index in [0.29, 0.717) is 0 Å². The molecule has 0 aliphatic heterocycles. The van der Waals surface area contributed by atoms with Gasteiger partial charge in [0.15, 0.2) is 0 Å². The van der Waals surface area contributed by atoms with Gasteiger partial charge >= 0.3 is 0 Å². The van der Waals surface area contributed by atoms with Crippen molar-refractivity contribution < 1.29 is 0 Å². The minimum atomic E-state index is 0.262. The van der Waals surface area contributed by atoms with Crippen molar-refractivity contribution >= 4 is 31.9 Å². The summed E-state index contributed by atoms with van der Waals surface area (Å²) in [6.45, 7) is 4.23. The average Bonchev–Trinajstić information content (AvgIpc) is 2.74. The number of nitrogens with zero attached hydrogens (tertiary/aromatic N) is 2. The highest BCUT2D eigenvalue weighted by Crippen LogP contribution is 2.28. The lowest BCUT2D eigenvalue weighted by atomic mass is 10.0. The summed E-state index contributed by atoms with van der Waals surface area (Å²) in [6, 6.07) is 6.80. The first-order valence-corrected chi connectivity index (χ1v) is 8.70. The molecule has 21 heavy (non-hydrogen) atoms. The summed E-state index contributed by atoms with van der Waals surface area (Å²) in [6.07, 6.45) is 1.84. The summed E-state index contributed by atoms with van der Waals surface area (Å²) >= 11 is 7.32. The van der Waals surface area contributed by atoms with Crippen molar-refractivity contribution in [2.75, 3.05) is 7.05 Å². The second-order valence-electron chi connectivity index (χ2n) is 5.24. The fourth-order valence-corrected chi connectivity index (χ4v) is 3.62. The highest BCUT2D eigenvalue weighted by atomic mass is 79.9. The van der Waals surface area contributed by atoms with Crippen LogP contribution >= 0.6 is 31.9 Å². The molecule has 0 bridgehead atoms. The molecule has 5 heteroatoms. The van der Waals surface area contributed by atoms with Crippen LogP contribution in [-0.4, -0.2) is 16.8 Å². The molecule has 1 N–H and O–H groups in total. The second kappa shape index (κ2) is 7.07. The van der Waals surface area contributed by atoms with Crippen molar-refractivity contribution in [3.63, 3.8) is 0 Å². The van der Waals surface area contributed by atoms with Crippen molar-refractivity contribution in [2.24, 2.45) is 7.05 Å². The number of nitrogens with one attached hydrogen (secondary N) is 1. The summed E-state index contributed by atoms with van der Waals surface area (Å²) in [4.78, 5) is 0. The molecule has 2 aromatic rings. The molecule has 0 fully saturated rings. The number of aryl methyl sites for hydroxylation is 3. The minimum Gasteiger partial charge on any atom is -0.313 e. The van der Waals surface area contributed by atoms with Gasteiger partial charge in [0.25, 0.3) is 0 Å². The van der Waals surface area contributed by atoms with Crippen molar-refractivity contribution in [1.29, 1.82) is 0 Å². The molecule has 2 rings (SSSR count). The maximum Gasteiger partial charge on any atom is 0.0766 e. The molecule has 0 saturated carbocycles. The van der Waals surface area contributed by atoms with Crippen LogP contribution in [0.3, 0.4) is 0 Å². The Kier molecular flexibility index (Phi) is 5.63. The van der Waals surface area contributed by atoms with Gasteiger partial charge in [-0.3, -0.25) is 4.68 Å². The number of likely N-dealkylation sites (N-methyl/N-ethyl adjacent to an activating group) is 1. The zero-order chi connectivity index (χ0) is 15.6. The maximum absolute atomic E-state index is 4.57. The lowest BCUT2D eigenvalue weighted by Gasteiger charge is -2.18. The van der Waals surface area contributed by atoms with E-state index in [0.717, 1.165) is 27.5 Å². The number of benzene rings is 1. The van der Waals surface area contributed by atoms with Crippen LogP contribution in [-0.2, 0) is 19.9 Å². The van der Waals surface area contributed by atoms with Crippen LogP contribution in [0, 0.1) is 6.92 Å². The van der Waals surface area contributed by atoms with Gasteiger partial charge in [0.1, 0.15) is 0 Å². The van der Waals surface area contributed by atoms with Crippen LogP contribution in [0.1, 0.15) is 35.5 Å². The normalized spacial score (nSPS) is 12.7. The van der Waals surface area contributed by atoms with E-state index in [9.17, 15) is 0 Å². The SMILES string of the molecule is CCc1nn(C)c(CC(NC)c2ccc(C)c(Br)c2)c1Br. The summed E-state index contributed by atoms with van der Waals surface area (Å²) in [5, 5.41) is 7.99. The number of rotatable bonds is 5. The van der Waals surface area contributed by atoms with Gasteiger partial charge in [0, 0.05) is 24.0 Å². The summed E-state index contributed by atoms with van der Waals surface area (Å²) in [5.74, 6) is 0. The van der Waals surface area contributed by atoms with Crippen molar-refractivity contribution in [1.82, 2.24) is 15.1 Å². The lowest BCUT2D eigenvalue weighted by Crippen LogP contribution is -2.20. The monoisotopic (exact) mass is 413 g/mol. The highest BCUT2D eigenvalue weighted by molar-refractivity contribution is 9.10.